The van der Waals surface area contributed by atoms with Gasteiger partial charge < -0.3 is 15.0 Å². The molecule has 0 unspecified atom stereocenters. The monoisotopic (exact) mass is 343 g/mol. The lowest BCUT2D eigenvalue weighted by atomic mass is 9.88. The van der Waals surface area contributed by atoms with Gasteiger partial charge in [0.2, 0.25) is 0 Å². The van der Waals surface area contributed by atoms with Crippen molar-refractivity contribution in [3.05, 3.63) is 35.7 Å². The number of aromatic amines is 1. The van der Waals surface area contributed by atoms with Crippen LogP contribution in [0.15, 0.2) is 24.3 Å². The summed E-state index contributed by atoms with van der Waals surface area (Å²) in [5, 5.41) is 10.1. The van der Waals surface area contributed by atoms with E-state index in [1.807, 2.05) is 31.2 Å². The fourth-order valence-electron chi connectivity index (χ4n) is 3.15. The Balaban J connectivity index is 1.71. The Kier molecular flexibility index (Phi) is 5.15. The smallest absolute Gasteiger partial charge is 0.251 e. The number of amides is 1. The Morgan fingerprint density at radius 3 is 2.76 bits per heavy atom. The highest BCUT2D eigenvalue weighted by Crippen LogP contribution is 2.25. The second-order valence-corrected chi connectivity index (χ2v) is 6.74. The number of nitrogens with one attached hydrogen (secondary N) is 2. The molecule has 0 saturated carbocycles. The van der Waals surface area contributed by atoms with Crippen LogP contribution in [0, 0.1) is 6.92 Å². The number of aromatic nitrogens is 3. The standard InChI is InChI=1S/C18H25N5O2/c1-13-20-16(22-21-13)14-5-4-6-15(11-14)17(24)19-12-18(23(2)3)7-9-25-10-8-18/h4-6,11H,7-10,12H2,1-3H3,(H,19,24)(H,20,21,22). The molecule has 0 atom stereocenters. The molecule has 7 heteroatoms. The molecule has 1 saturated heterocycles. The molecule has 1 aliphatic heterocycles. The van der Waals surface area contributed by atoms with Gasteiger partial charge in [0.25, 0.3) is 5.91 Å². The van der Waals surface area contributed by atoms with E-state index in [0.29, 0.717) is 17.9 Å². The fourth-order valence-corrected chi connectivity index (χ4v) is 3.15. The molecule has 1 amide bonds. The van der Waals surface area contributed by atoms with E-state index >= 15 is 0 Å². The van der Waals surface area contributed by atoms with Gasteiger partial charge in [-0.15, -0.1) is 0 Å². The third kappa shape index (κ3) is 3.88. The molecule has 2 aromatic rings. The van der Waals surface area contributed by atoms with Crippen LogP contribution in [0.1, 0.15) is 29.0 Å². The maximum atomic E-state index is 12.6. The van der Waals surface area contributed by atoms with E-state index in [1.54, 1.807) is 0 Å². The number of likely N-dealkylation sites (N-methyl/N-ethyl adjacent to an activating group) is 1. The van der Waals surface area contributed by atoms with Crippen LogP contribution in [0.4, 0.5) is 0 Å². The number of hydrogen-bond acceptors (Lipinski definition) is 5. The van der Waals surface area contributed by atoms with Crippen LogP contribution in [-0.4, -0.2) is 65.4 Å². The summed E-state index contributed by atoms with van der Waals surface area (Å²) in [5.41, 5.74) is 1.39. The van der Waals surface area contributed by atoms with Gasteiger partial charge in [0.1, 0.15) is 5.82 Å². The number of H-pyrrole nitrogens is 1. The molecule has 2 heterocycles. The van der Waals surface area contributed by atoms with Crippen molar-refractivity contribution < 1.29 is 9.53 Å². The SMILES string of the molecule is Cc1nc(-c2cccc(C(=O)NCC3(N(C)C)CCOCC3)c2)n[nH]1. The highest BCUT2D eigenvalue weighted by molar-refractivity contribution is 5.95. The molecular formula is C18H25N5O2. The van der Waals surface area contributed by atoms with Crippen LogP contribution in [0.25, 0.3) is 11.4 Å². The zero-order valence-electron chi connectivity index (χ0n) is 15.0. The molecule has 1 aliphatic rings. The predicted molar refractivity (Wildman–Crippen MR) is 95.4 cm³/mol. The summed E-state index contributed by atoms with van der Waals surface area (Å²) in [6.07, 6.45) is 1.83. The van der Waals surface area contributed by atoms with E-state index in [1.165, 1.54) is 0 Å². The molecular weight excluding hydrogens is 318 g/mol. The minimum Gasteiger partial charge on any atom is -0.381 e. The van der Waals surface area contributed by atoms with Gasteiger partial charge in [0.15, 0.2) is 5.82 Å². The largest absolute Gasteiger partial charge is 0.381 e. The maximum absolute atomic E-state index is 12.6. The Morgan fingerprint density at radius 1 is 1.36 bits per heavy atom. The molecule has 0 bridgehead atoms. The van der Waals surface area contributed by atoms with Gasteiger partial charge in [0, 0.05) is 36.4 Å². The van der Waals surface area contributed by atoms with E-state index in [-0.39, 0.29) is 11.4 Å². The molecule has 3 rings (SSSR count). The highest BCUT2D eigenvalue weighted by atomic mass is 16.5. The average Bonchev–Trinajstić information content (AvgIpc) is 3.07. The van der Waals surface area contributed by atoms with Crippen LogP contribution < -0.4 is 5.32 Å². The third-order valence-electron chi connectivity index (χ3n) is 4.93. The van der Waals surface area contributed by atoms with Gasteiger partial charge >= 0.3 is 0 Å². The van der Waals surface area contributed by atoms with Crippen molar-refractivity contribution in [1.29, 1.82) is 0 Å². The Hall–Kier alpha value is -2.25. The lowest BCUT2D eigenvalue weighted by molar-refractivity contribution is -0.00657. The second kappa shape index (κ2) is 7.33. The number of rotatable bonds is 5. The van der Waals surface area contributed by atoms with Crippen molar-refractivity contribution in [2.75, 3.05) is 33.9 Å². The summed E-state index contributed by atoms with van der Waals surface area (Å²) in [5.74, 6) is 1.26. The maximum Gasteiger partial charge on any atom is 0.251 e. The summed E-state index contributed by atoms with van der Waals surface area (Å²) >= 11 is 0. The number of nitrogens with zero attached hydrogens (tertiary/aromatic N) is 3. The zero-order chi connectivity index (χ0) is 17.9. The Bertz CT molecular complexity index is 735. The van der Waals surface area contributed by atoms with Crippen molar-refractivity contribution in [1.82, 2.24) is 25.4 Å². The number of ether oxygens (including phenoxy) is 1. The van der Waals surface area contributed by atoms with Gasteiger partial charge in [-0.25, -0.2) is 4.98 Å². The predicted octanol–water partition coefficient (Wildman–Crippen LogP) is 1.62. The number of hydrogen-bond donors (Lipinski definition) is 2. The summed E-state index contributed by atoms with van der Waals surface area (Å²) < 4.78 is 5.48. The van der Waals surface area contributed by atoms with E-state index in [4.69, 9.17) is 4.74 Å². The summed E-state index contributed by atoms with van der Waals surface area (Å²) in [4.78, 5) is 19.1. The van der Waals surface area contributed by atoms with Crippen molar-refractivity contribution in [2.45, 2.75) is 25.3 Å². The van der Waals surface area contributed by atoms with Crippen molar-refractivity contribution in [3.8, 4) is 11.4 Å². The first-order chi connectivity index (χ1) is 12.0. The summed E-state index contributed by atoms with van der Waals surface area (Å²) in [6.45, 7) is 3.91. The molecule has 0 aliphatic carbocycles. The van der Waals surface area contributed by atoms with Crippen LogP contribution in [-0.2, 0) is 4.74 Å². The first kappa shape index (κ1) is 17.6. The Morgan fingerprint density at radius 2 is 2.12 bits per heavy atom. The number of benzene rings is 1. The quantitative estimate of drug-likeness (QED) is 0.862. The first-order valence-corrected chi connectivity index (χ1v) is 8.53. The van der Waals surface area contributed by atoms with Gasteiger partial charge in [-0.1, -0.05) is 12.1 Å². The molecule has 134 valence electrons. The normalized spacial score (nSPS) is 16.8. The number of carbonyl (C=O) groups excluding carboxylic acids is 1. The van der Waals surface area contributed by atoms with Crippen LogP contribution in [0.3, 0.4) is 0 Å². The lowest BCUT2D eigenvalue weighted by Gasteiger charge is -2.42. The summed E-state index contributed by atoms with van der Waals surface area (Å²) in [7, 11) is 4.12. The van der Waals surface area contributed by atoms with Gasteiger partial charge in [-0.2, -0.15) is 5.10 Å². The van der Waals surface area contributed by atoms with Crippen LogP contribution >= 0.6 is 0 Å². The second-order valence-electron chi connectivity index (χ2n) is 6.74. The minimum atomic E-state index is -0.0816. The molecule has 25 heavy (non-hydrogen) atoms. The van der Waals surface area contributed by atoms with Gasteiger partial charge in [-0.3, -0.25) is 9.89 Å². The first-order valence-electron chi connectivity index (χ1n) is 8.53. The van der Waals surface area contributed by atoms with E-state index in [9.17, 15) is 4.79 Å². The molecule has 2 N–H and O–H groups in total. The molecule has 0 spiro atoms. The molecule has 7 nitrogen and oxygen atoms in total. The van der Waals surface area contributed by atoms with Crippen LogP contribution in [0.5, 0.6) is 0 Å². The molecule has 1 fully saturated rings. The lowest BCUT2D eigenvalue weighted by Crippen LogP contribution is -2.55. The molecule has 0 radical (unpaired) electrons. The van der Waals surface area contributed by atoms with Crippen molar-refractivity contribution in [2.24, 2.45) is 0 Å². The van der Waals surface area contributed by atoms with Crippen LogP contribution in [0.2, 0.25) is 0 Å². The average molecular weight is 343 g/mol. The molecule has 1 aromatic carbocycles. The summed E-state index contributed by atoms with van der Waals surface area (Å²) in [6, 6.07) is 7.39. The van der Waals surface area contributed by atoms with Crippen molar-refractivity contribution >= 4 is 5.91 Å². The fraction of sp³-hybridized carbons (Fsp3) is 0.500. The van der Waals surface area contributed by atoms with E-state index in [2.05, 4.69) is 39.5 Å². The van der Waals surface area contributed by atoms with Gasteiger partial charge in [0.05, 0.1) is 0 Å². The third-order valence-corrected chi connectivity index (χ3v) is 4.93. The topological polar surface area (TPSA) is 83.1 Å². The van der Waals surface area contributed by atoms with E-state index < -0.39 is 0 Å². The van der Waals surface area contributed by atoms with Gasteiger partial charge in [-0.05, 0) is 46.0 Å². The highest BCUT2D eigenvalue weighted by Gasteiger charge is 2.35. The number of aryl methyl sites for hydroxylation is 1. The molecule has 1 aromatic heterocycles. The Labute approximate surface area is 147 Å². The van der Waals surface area contributed by atoms with Crippen molar-refractivity contribution in [3.63, 3.8) is 0 Å². The zero-order valence-corrected chi connectivity index (χ0v) is 15.0. The number of carbonyl (C=O) groups is 1. The minimum absolute atomic E-state index is 0.0492. The van der Waals surface area contributed by atoms with E-state index in [0.717, 1.165) is 37.4 Å².